The van der Waals surface area contributed by atoms with Crippen LogP contribution in [0.5, 0.6) is 5.75 Å². The Kier molecular flexibility index (Phi) is 3.99. The Morgan fingerprint density at radius 3 is 2.90 bits per heavy atom. The van der Waals surface area contributed by atoms with Crippen LogP contribution in [0.3, 0.4) is 0 Å². The van der Waals surface area contributed by atoms with Gasteiger partial charge in [0.1, 0.15) is 5.75 Å². The lowest BCUT2D eigenvalue weighted by molar-refractivity contribution is 0.0867. The van der Waals surface area contributed by atoms with Crippen molar-refractivity contribution >= 4 is 0 Å². The number of piperazine rings is 1. The summed E-state index contributed by atoms with van der Waals surface area (Å²) in [4.78, 5) is 2.71. The van der Waals surface area contributed by atoms with Crippen molar-refractivity contribution in [3.63, 3.8) is 0 Å². The number of nitrogens with one attached hydrogen (secondary N) is 1. The van der Waals surface area contributed by atoms with Crippen molar-refractivity contribution in [2.75, 3.05) is 20.2 Å². The first kappa shape index (κ1) is 13.9. The molecule has 0 saturated carbocycles. The zero-order valence-corrected chi connectivity index (χ0v) is 12.9. The molecule has 0 amide bonds. The Morgan fingerprint density at radius 1 is 1.25 bits per heavy atom. The molecule has 0 radical (unpaired) electrons. The fraction of sp³-hybridized carbons (Fsp3) is 0.647. The van der Waals surface area contributed by atoms with Gasteiger partial charge in [-0.3, -0.25) is 4.90 Å². The highest BCUT2D eigenvalue weighted by atomic mass is 16.5. The Bertz CT molecular complexity index is 474. The van der Waals surface area contributed by atoms with E-state index in [-0.39, 0.29) is 0 Å². The lowest BCUT2D eigenvalue weighted by atomic mass is 9.86. The predicted molar refractivity (Wildman–Crippen MR) is 82.4 cm³/mol. The van der Waals surface area contributed by atoms with Gasteiger partial charge < -0.3 is 10.1 Å². The van der Waals surface area contributed by atoms with Gasteiger partial charge in [0.15, 0.2) is 0 Å². The SMILES string of the molecule is COc1ccc2c(c1)CC(N1CC(C)NCC1C)CC2. The van der Waals surface area contributed by atoms with Gasteiger partial charge in [-0.1, -0.05) is 6.07 Å². The maximum atomic E-state index is 5.38. The number of hydrogen-bond acceptors (Lipinski definition) is 3. The molecule has 1 aromatic carbocycles. The van der Waals surface area contributed by atoms with Crippen LogP contribution in [0.2, 0.25) is 0 Å². The molecule has 0 spiro atoms. The van der Waals surface area contributed by atoms with E-state index < -0.39 is 0 Å². The van der Waals surface area contributed by atoms with E-state index in [9.17, 15) is 0 Å². The molecule has 0 bridgehead atoms. The maximum absolute atomic E-state index is 5.38. The molecule has 0 aromatic heterocycles. The molecular weight excluding hydrogens is 248 g/mol. The van der Waals surface area contributed by atoms with Gasteiger partial charge in [-0.15, -0.1) is 0 Å². The summed E-state index contributed by atoms with van der Waals surface area (Å²) in [7, 11) is 1.75. The Morgan fingerprint density at radius 2 is 2.10 bits per heavy atom. The summed E-state index contributed by atoms with van der Waals surface area (Å²) in [5.74, 6) is 0.992. The Hall–Kier alpha value is -1.06. The first-order valence-corrected chi connectivity index (χ1v) is 7.82. The number of ether oxygens (including phenoxy) is 1. The number of benzene rings is 1. The first-order valence-electron chi connectivity index (χ1n) is 7.82. The van der Waals surface area contributed by atoms with Crippen molar-refractivity contribution in [1.82, 2.24) is 10.2 Å². The molecule has 3 atom stereocenters. The molecule has 3 unspecified atom stereocenters. The van der Waals surface area contributed by atoms with Crippen molar-refractivity contribution < 1.29 is 4.74 Å². The third kappa shape index (κ3) is 2.70. The normalized spacial score (nSPS) is 30.9. The van der Waals surface area contributed by atoms with E-state index in [1.54, 1.807) is 7.11 Å². The molecule has 1 fully saturated rings. The van der Waals surface area contributed by atoms with E-state index in [4.69, 9.17) is 4.74 Å². The second-order valence-corrected chi connectivity index (χ2v) is 6.39. The minimum Gasteiger partial charge on any atom is -0.497 e. The van der Waals surface area contributed by atoms with Crippen LogP contribution in [0.1, 0.15) is 31.4 Å². The van der Waals surface area contributed by atoms with Crippen LogP contribution in [-0.2, 0) is 12.8 Å². The largest absolute Gasteiger partial charge is 0.497 e. The topological polar surface area (TPSA) is 24.5 Å². The molecule has 1 heterocycles. The average Bonchev–Trinajstić information content (AvgIpc) is 2.48. The molecule has 3 heteroatoms. The standard InChI is InChI=1S/C17H26N2O/c1-12-11-19(13(2)10-18-12)16-6-4-14-5-7-17(20-3)9-15(14)8-16/h5,7,9,12-13,16,18H,4,6,8,10-11H2,1-3H3. The van der Waals surface area contributed by atoms with Gasteiger partial charge in [0.25, 0.3) is 0 Å². The van der Waals surface area contributed by atoms with E-state index in [0.29, 0.717) is 18.1 Å². The molecular formula is C17H26N2O. The number of rotatable bonds is 2. The summed E-state index contributed by atoms with van der Waals surface area (Å²) in [5.41, 5.74) is 3.00. The van der Waals surface area contributed by atoms with Gasteiger partial charge in [0, 0.05) is 31.2 Å². The maximum Gasteiger partial charge on any atom is 0.119 e. The number of nitrogens with zero attached hydrogens (tertiary/aromatic N) is 1. The minimum atomic E-state index is 0.609. The van der Waals surface area contributed by atoms with Crippen LogP contribution in [0.25, 0.3) is 0 Å². The molecule has 20 heavy (non-hydrogen) atoms. The highest BCUT2D eigenvalue weighted by Crippen LogP contribution is 2.29. The van der Waals surface area contributed by atoms with E-state index >= 15 is 0 Å². The molecule has 1 aromatic rings. The van der Waals surface area contributed by atoms with Crippen LogP contribution in [0, 0.1) is 0 Å². The molecule has 110 valence electrons. The number of hydrogen-bond donors (Lipinski definition) is 1. The lowest BCUT2D eigenvalue weighted by Crippen LogP contribution is -2.58. The third-order valence-corrected chi connectivity index (χ3v) is 4.90. The van der Waals surface area contributed by atoms with Gasteiger partial charge in [0.2, 0.25) is 0 Å². The van der Waals surface area contributed by atoms with Crippen molar-refractivity contribution in [3.05, 3.63) is 29.3 Å². The zero-order valence-electron chi connectivity index (χ0n) is 12.9. The molecule has 1 saturated heterocycles. The summed E-state index contributed by atoms with van der Waals surface area (Å²) in [6.07, 6.45) is 3.66. The second kappa shape index (κ2) is 5.74. The van der Waals surface area contributed by atoms with Crippen LogP contribution in [-0.4, -0.2) is 43.2 Å². The van der Waals surface area contributed by atoms with E-state index in [0.717, 1.165) is 12.3 Å². The van der Waals surface area contributed by atoms with Crippen molar-refractivity contribution in [2.24, 2.45) is 0 Å². The van der Waals surface area contributed by atoms with Gasteiger partial charge in [0.05, 0.1) is 7.11 Å². The van der Waals surface area contributed by atoms with Gasteiger partial charge in [-0.25, -0.2) is 0 Å². The second-order valence-electron chi connectivity index (χ2n) is 6.39. The monoisotopic (exact) mass is 274 g/mol. The summed E-state index contributed by atoms with van der Waals surface area (Å²) in [6, 6.07) is 8.51. The summed E-state index contributed by atoms with van der Waals surface area (Å²) in [5, 5.41) is 3.58. The van der Waals surface area contributed by atoms with Crippen molar-refractivity contribution in [3.8, 4) is 5.75 Å². The fourth-order valence-electron chi connectivity index (χ4n) is 3.68. The number of methoxy groups -OCH3 is 1. The quantitative estimate of drug-likeness (QED) is 0.895. The predicted octanol–water partition coefficient (Wildman–Crippen LogP) is 2.23. The summed E-state index contributed by atoms with van der Waals surface area (Å²) < 4.78 is 5.38. The molecule has 1 N–H and O–H groups in total. The van der Waals surface area contributed by atoms with Crippen molar-refractivity contribution in [1.29, 1.82) is 0 Å². The lowest BCUT2D eigenvalue weighted by Gasteiger charge is -2.44. The molecule has 2 aliphatic rings. The van der Waals surface area contributed by atoms with E-state index in [2.05, 4.69) is 42.3 Å². The third-order valence-electron chi connectivity index (χ3n) is 4.90. The average molecular weight is 274 g/mol. The molecule has 1 aliphatic carbocycles. The Labute approximate surface area is 122 Å². The zero-order chi connectivity index (χ0) is 14.1. The highest BCUT2D eigenvalue weighted by Gasteiger charge is 2.31. The van der Waals surface area contributed by atoms with E-state index in [1.165, 1.54) is 36.9 Å². The van der Waals surface area contributed by atoms with Crippen LogP contribution in [0.15, 0.2) is 18.2 Å². The van der Waals surface area contributed by atoms with Crippen LogP contribution >= 0.6 is 0 Å². The number of fused-ring (bicyclic) bond motifs is 1. The minimum absolute atomic E-state index is 0.609. The number of aryl methyl sites for hydroxylation is 1. The van der Waals surface area contributed by atoms with E-state index in [1.807, 2.05) is 0 Å². The molecule has 3 rings (SSSR count). The molecule has 3 nitrogen and oxygen atoms in total. The Balaban J connectivity index is 1.77. The first-order chi connectivity index (χ1) is 9.67. The summed E-state index contributed by atoms with van der Waals surface area (Å²) >= 11 is 0. The van der Waals surface area contributed by atoms with Gasteiger partial charge in [-0.05, 0) is 56.4 Å². The highest BCUT2D eigenvalue weighted by molar-refractivity contribution is 5.38. The van der Waals surface area contributed by atoms with Crippen molar-refractivity contribution in [2.45, 2.75) is 51.2 Å². The molecule has 1 aliphatic heterocycles. The van der Waals surface area contributed by atoms with Gasteiger partial charge in [-0.2, -0.15) is 0 Å². The van der Waals surface area contributed by atoms with Gasteiger partial charge >= 0.3 is 0 Å². The summed E-state index contributed by atoms with van der Waals surface area (Å²) in [6.45, 7) is 6.92. The van der Waals surface area contributed by atoms with Crippen LogP contribution < -0.4 is 10.1 Å². The fourth-order valence-corrected chi connectivity index (χ4v) is 3.68. The smallest absolute Gasteiger partial charge is 0.119 e. The van der Waals surface area contributed by atoms with Crippen LogP contribution in [0.4, 0.5) is 0 Å².